The number of likely N-dealkylation sites (tertiary alicyclic amines) is 1. The first-order valence-electron chi connectivity index (χ1n) is 9.45. The lowest BCUT2D eigenvalue weighted by atomic mass is 10.2. The van der Waals surface area contributed by atoms with E-state index in [-0.39, 0.29) is 28.5 Å². The van der Waals surface area contributed by atoms with Crippen molar-refractivity contribution >= 4 is 27.5 Å². The van der Waals surface area contributed by atoms with Crippen molar-refractivity contribution in [1.82, 2.24) is 9.21 Å². The third kappa shape index (κ3) is 4.35. The summed E-state index contributed by atoms with van der Waals surface area (Å²) in [6.45, 7) is 4.07. The van der Waals surface area contributed by atoms with Gasteiger partial charge in [0, 0.05) is 25.3 Å². The molecule has 0 radical (unpaired) electrons. The van der Waals surface area contributed by atoms with Crippen LogP contribution in [-0.2, 0) is 14.8 Å². The summed E-state index contributed by atoms with van der Waals surface area (Å²) in [4.78, 5) is 26.9. The molecule has 1 fully saturated rings. The van der Waals surface area contributed by atoms with Crippen molar-refractivity contribution in [3.8, 4) is 0 Å². The van der Waals surface area contributed by atoms with Crippen molar-refractivity contribution in [1.29, 1.82) is 0 Å². The normalized spacial score (nSPS) is 17.1. The number of sulfonamides is 1. The van der Waals surface area contributed by atoms with Crippen LogP contribution in [0, 0.1) is 0 Å². The summed E-state index contributed by atoms with van der Waals surface area (Å²) >= 11 is 0. The van der Waals surface area contributed by atoms with Gasteiger partial charge in [0.2, 0.25) is 15.9 Å². The van der Waals surface area contributed by atoms with Gasteiger partial charge in [0.1, 0.15) is 6.04 Å². The lowest BCUT2D eigenvalue weighted by Crippen LogP contribution is -2.43. The number of nitrogens with zero attached hydrogens (tertiary/aromatic N) is 2. The zero-order chi connectivity index (χ0) is 21.2. The average molecular weight is 420 g/mol. The molecule has 3 rings (SSSR count). The number of hydrogen-bond donors (Lipinski definition) is 1. The number of furan rings is 1. The van der Waals surface area contributed by atoms with Gasteiger partial charge in [-0.3, -0.25) is 9.59 Å². The van der Waals surface area contributed by atoms with E-state index in [0.29, 0.717) is 18.7 Å². The summed E-state index contributed by atoms with van der Waals surface area (Å²) in [6.07, 6.45) is 2.71. The number of carbonyl (C=O) groups excluding carboxylic acids is 2. The Morgan fingerprint density at radius 3 is 2.48 bits per heavy atom. The highest BCUT2D eigenvalue weighted by atomic mass is 32.2. The fourth-order valence-corrected chi connectivity index (χ4v) is 4.57. The average Bonchev–Trinajstić information content (AvgIpc) is 3.39. The Hall–Kier alpha value is -2.65. The molecule has 1 aromatic heterocycles. The van der Waals surface area contributed by atoms with Crippen LogP contribution in [0.25, 0.3) is 0 Å². The highest BCUT2D eigenvalue weighted by Gasteiger charge is 2.35. The van der Waals surface area contributed by atoms with Crippen LogP contribution in [-0.4, -0.2) is 55.1 Å². The van der Waals surface area contributed by atoms with Crippen molar-refractivity contribution in [3.05, 3.63) is 48.4 Å². The quantitative estimate of drug-likeness (QED) is 0.776. The monoisotopic (exact) mass is 419 g/mol. The second kappa shape index (κ2) is 8.38. The predicted octanol–water partition coefficient (Wildman–Crippen LogP) is 2.55. The maximum absolute atomic E-state index is 12.7. The first kappa shape index (κ1) is 21.1. The molecular formula is C20H25N3O5S. The first-order chi connectivity index (χ1) is 13.7. The molecule has 29 heavy (non-hydrogen) atoms. The van der Waals surface area contributed by atoms with E-state index in [2.05, 4.69) is 5.32 Å². The highest BCUT2D eigenvalue weighted by Crippen LogP contribution is 2.23. The molecule has 0 spiro atoms. The molecule has 1 N–H and O–H groups in total. The van der Waals surface area contributed by atoms with E-state index in [1.54, 1.807) is 38.1 Å². The molecule has 1 aliphatic rings. The Kier molecular flexibility index (Phi) is 6.09. The van der Waals surface area contributed by atoms with Gasteiger partial charge in [-0.05, 0) is 63.1 Å². The number of hydrogen-bond acceptors (Lipinski definition) is 5. The van der Waals surface area contributed by atoms with Crippen LogP contribution in [0.2, 0.25) is 0 Å². The molecule has 9 heteroatoms. The standard InChI is InChI=1S/C20H25N3O5S/c1-14(2)22(3)29(26,27)16-10-8-15(9-11-16)21-19(24)17-6-4-12-23(17)20(25)18-7-5-13-28-18/h5,7-11,13-14,17H,4,6,12H2,1-3H3,(H,21,24)/t17-/m0/s1. The molecule has 8 nitrogen and oxygen atoms in total. The Morgan fingerprint density at radius 1 is 1.21 bits per heavy atom. The molecule has 0 bridgehead atoms. The third-order valence-electron chi connectivity index (χ3n) is 5.07. The van der Waals surface area contributed by atoms with Crippen LogP contribution in [0.5, 0.6) is 0 Å². The van der Waals surface area contributed by atoms with Gasteiger partial charge < -0.3 is 14.6 Å². The van der Waals surface area contributed by atoms with Gasteiger partial charge in [0.15, 0.2) is 5.76 Å². The van der Waals surface area contributed by atoms with E-state index >= 15 is 0 Å². The van der Waals surface area contributed by atoms with Crippen molar-refractivity contribution in [2.45, 2.75) is 43.7 Å². The zero-order valence-electron chi connectivity index (χ0n) is 16.7. The fraction of sp³-hybridized carbons (Fsp3) is 0.400. The fourth-order valence-electron chi connectivity index (χ4n) is 3.20. The summed E-state index contributed by atoms with van der Waals surface area (Å²) < 4.78 is 31.5. The molecule has 156 valence electrons. The summed E-state index contributed by atoms with van der Waals surface area (Å²) in [7, 11) is -2.06. The van der Waals surface area contributed by atoms with E-state index in [1.807, 2.05) is 0 Å². The number of nitrogens with one attached hydrogen (secondary N) is 1. The van der Waals surface area contributed by atoms with Crippen LogP contribution < -0.4 is 5.32 Å². The van der Waals surface area contributed by atoms with E-state index in [1.165, 1.54) is 34.6 Å². The molecule has 0 unspecified atom stereocenters. The van der Waals surface area contributed by atoms with Crippen LogP contribution in [0.15, 0.2) is 52.0 Å². The number of anilines is 1. The molecule has 2 amide bonds. The Labute approximate surface area is 170 Å². The molecular weight excluding hydrogens is 394 g/mol. The van der Waals surface area contributed by atoms with Crippen molar-refractivity contribution in [2.75, 3.05) is 18.9 Å². The summed E-state index contributed by atoms with van der Waals surface area (Å²) in [5.41, 5.74) is 0.471. The van der Waals surface area contributed by atoms with Crippen molar-refractivity contribution < 1.29 is 22.4 Å². The maximum Gasteiger partial charge on any atom is 0.290 e. The van der Waals surface area contributed by atoms with Crippen LogP contribution in [0.3, 0.4) is 0 Å². The first-order valence-corrected chi connectivity index (χ1v) is 10.9. The van der Waals surface area contributed by atoms with Gasteiger partial charge in [0.25, 0.3) is 5.91 Å². The predicted molar refractivity (Wildman–Crippen MR) is 108 cm³/mol. The summed E-state index contributed by atoms with van der Waals surface area (Å²) in [5, 5.41) is 2.77. The summed E-state index contributed by atoms with van der Waals surface area (Å²) in [6, 6.07) is 8.46. The minimum atomic E-state index is -3.59. The number of rotatable bonds is 6. The van der Waals surface area contributed by atoms with Crippen LogP contribution in [0.1, 0.15) is 37.2 Å². The molecule has 2 aromatic rings. The Morgan fingerprint density at radius 2 is 1.90 bits per heavy atom. The van der Waals surface area contributed by atoms with Gasteiger partial charge >= 0.3 is 0 Å². The Balaban J connectivity index is 1.70. The minimum Gasteiger partial charge on any atom is -0.459 e. The second-order valence-corrected chi connectivity index (χ2v) is 9.26. The second-order valence-electron chi connectivity index (χ2n) is 7.26. The number of benzene rings is 1. The van der Waals surface area contributed by atoms with E-state index in [9.17, 15) is 18.0 Å². The highest BCUT2D eigenvalue weighted by molar-refractivity contribution is 7.89. The molecule has 1 atom stereocenters. The third-order valence-corrected chi connectivity index (χ3v) is 7.12. The minimum absolute atomic E-state index is 0.155. The summed E-state index contributed by atoms with van der Waals surface area (Å²) in [5.74, 6) is -0.420. The largest absolute Gasteiger partial charge is 0.459 e. The molecule has 2 heterocycles. The Bertz CT molecular complexity index is 968. The molecule has 1 aliphatic heterocycles. The van der Waals surface area contributed by atoms with E-state index in [4.69, 9.17) is 4.42 Å². The maximum atomic E-state index is 12.7. The molecule has 0 saturated carbocycles. The smallest absolute Gasteiger partial charge is 0.290 e. The van der Waals surface area contributed by atoms with Gasteiger partial charge in [-0.25, -0.2) is 8.42 Å². The van der Waals surface area contributed by atoms with Gasteiger partial charge in [-0.2, -0.15) is 4.31 Å². The van der Waals surface area contributed by atoms with Gasteiger partial charge in [-0.15, -0.1) is 0 Å². The van der Waals surface area contributed by atoms with Crippen LogP contribution in [0.4, 0.5) is 5.69 Å². The number of carbonyl (C=O) groups is 2. The van der Waals surface area contributed by atoms with Gasteiger partial charge in [-0.1, -0.05) is 0 Å². The molecule has 1 saturated heterocycles. The van der Waals surface area contributed by atoms with E-state index in [0.717, 1.165) is 6.42 Å². The molecule has 0 aliphatic carbocycles. The lowest BCUT2D eigenvalue weighted by Gasteiger charge is -2.23. The van der Waals surface area contributed by atoms with Crippen molar-refractivity contribution in [2.24, 2.45) is 0 Å². The zero-order valence-corrected chi connectivity index (χ0v) is 17.5. The van der Waals surface area contributed by atoms with Crippen molar-refractivity contribution in [3.63, 3.8) is 0 Å². The molecule has 1 aromatic carbocycles. The van der Waals surface area contributed by atoms with E-state index < -0.39 is 16.1 Å². The number of amides is 2. The lowest BCUT2D eigenvalue weighted by molar-refractivity contribution is -0.119. The SMILES string of the molecule is CC(C)N(C)S(=O)(=O)c1ccc(NC(=O)[C@@H]2CCCN2C(=O)c2ccco2)cc1. The van der Waals surface area contributed by atoms with Crippen LogP contribution >= 0.6 is 0 Å². The van der Waals surface area contributed by atoms with Gasteiger partial charge in [0.05, 0.1) is 11.2 Å². The topological polar surface area (TPSA) is 99.9 Å².